The van der Waals surface area contributed by atoms with Crippen LogP contribution in [0, 0.1) is 35.5 Å². The van der Waals surface area contributed by atoms with Gasteiger partial charge in [0.2, 0.25) is 0 Å². The molecule has 0 amide bonds. The fraction of sp³-hybridized carbons (Fsp3) is 1.00. The van der Waals surface area contributed by atoms with Crippen LogP contribution in [0.5, 0.6) is 0 Å². The second-order valence-corrected chi connectivity index (χ2v) is 22.8. The van der Waals surface area contributed by atoms with Gasteiger partial charge in [-0.3, -0.25) is 0 Å². The first kappa shape index (κ1) is 78.9. The molecule has 0 spiro atoms. The molecule has 0 aliphatic heterocycles. The SMILES string of the molecule is C.C.C1CCCCCCC1.C1CCCCCCC1.CC.CC.CC.CC.CC1CCCC(C2CCCCCCC2)CCC1.CC1CCCCCCC1.CC1CCCCCCC1.CC1CCCCCCC1. The molecule has 0 nitrogen and oxygen atoms in total. The molecule has 0 unspecified atom stereocenters. The summed E-state index contributed by atoms with van der Waals surface area (Å²) in [4.78, 5) is 0. The highest BCUT2D eigenvalue weighted by Crippen LogP contribution is 2.37. The predicted molar refractivity (Wildman–Crippen MR) is 333 cm³/mol. The maximum atomic E-state index is 2.45. The lowest BCUT2D eigenvalue weighted by molar-refractivity contribution is 0.210. The topological polar surface area (TPSA) is 0 Å². The Hall–Kier alpha value is 0. The molecular weight excluding hydrogens is 841 g/mol. The largest absolute Gasteiger partial charge is 0.0776 e. The van der Waals surface area contributed by atoms with Crippen LogP contribution in [-0.4, -0.2) is 0 Å². The van der Waals surface area contributed by atoms with Crippen molar-refractivity contribution in [3.8, 4) is 0 Å². The van der Waals surface area contributed by atoms with Crippen molar-refractivity contribution in [2.45, 2.75) is 419 Å². The molecule has 7 aliphatic carbocycles. The van der Waals surface area contributed by atoms with E-state index < -0.39 is 0 Å². The lowest BCUT2D eigenvalue weighted by Crippen LogP contribution is -2.18. The van der Waals surface area contributed by atoms with E-state index in [1.165, 1.54) is 295 Å². The third-order valence-corrected chi connectivity index (χ3v) is 16.5. The van der Waals surface area contributed by atoms with E-state index >= 15 is 0 Å². The fourth-order valence-electron chi connectivity index (χ4n) is 12.0. The predicted octanol–water partition coefficient (Wildman–Crippen LogP) is 27.7. The van der Waals surface area contributed by atoms with Gasteiger partial charge in [-0.1, -0.05) is 419 Å². The Kier molecular flexibility index (Phi) is 77.8. The second-order valence-electron chi connectivity index (χ2n) is 22.8. The van der Waals surface area contributed by atoms with Gasteiger partial charge in [0.05, 0.1) is 0 Å². The zero-order valence-corrected chi connectivity index (χ0v) is 50.8. The third-order valence-electron chi connectivity index (χ3n) is 16.5. The maximum absolute atomic E-state index is 2.45. The van der Waals surface area contributed by atoms with Gasteiger partial charge in [-0.25, -0.2) is 0 Å². The molecule has 0 N–H and O–H groups in total. The molecule has 0 saturated heterocycles. The molecule has 7 aliphatic rings. The first-order chi connectivity index (χ1) is 33.5. The van der Waals surface area contributed by atoms with Gasteiger partial charge in [-0.2, -0.15) is 0 Å². The summed E-state index contributed by atoms with van der Waals surface area (Å²) in [5.74, 6) is 6.26. The van der Waals surface area contributed by atoms with E-state index in [2.05, 4.69) is 27.7 Å². The zero-order chi connectivity index (χ0) is 50.8. The van der Waals surface area contributed by atoms with Crippen molar-refractivity contribution in [2.75, 3.05) is 0 Å². The van der Waals surface area contributed by atoms with Crippen molar-refractivity contribution < 1.29 is 0 Å². The lowest BCUT2D eigenvalue weighted by Gasteiger charge is -2.31. The van der Waals surface area contributed by atoms with E-state index in [4.69, 9.17) is 0 Å². The minimum Gasteiger partial charge on any atom is -0.0776 e. The van der Waals surface area contributed by atoms with Crippen molar-refractivity contribution >= 4 is 0 Å². The Bertz CT molecular complexity index is 674. The molecule has 0 heteroatoms. The van der Waals surface area contributed by atoms with Crippen LogP contribution < -0.4 is 0 Å². The minimum atomic E-state index is 0. The normalized spacial score (nSPS) is 23.8. The highest BCUT2D eigenvalue weighted by molar-refractivity contribution is 4.75. The third kappa shape index (κ3) is 58.9. The molecule has 430 valence electrons. The van der Waals surface area contributed by atoms with E-state index in [1.54, 1.807) is 25.7 Å². The molecule has 7 rings (SSSR count). The van der Waals surface area contributed by atoms with Gasteiger partial charge in [-0.15, -0.1) is 0 Å². The van der Waals surface area contributed by atoms with E-state index in [1.807, 2.05) is 55.4 Å². The Morgan fingerprint density at radius 3 is 0.400 bits per heavy atom. The van der Waals surface area contributed by atoms with E-state index in [0.29, 0.717) is 0 Å². The standard InChI is InChI=1S/C17H32.3C9H18.2C8H16.4C2H6.2CH4/c1-15-9-7-13-17(14-8-10-15)16-11-5-3-2-4-6-12-16;3*1-9-7-5-3-2-4-6-8-9;2*1-2-4-6-8-7-5-3-1;4*1-2;;/h15-17H,2-14H2,1H3;3*9H,2-8H2,1H3;2*1-8H2;4*1-2H3;2*1H4. The Morgan fingerprint density at radius 1 is 0.143 bits per heavy atom. The quantitative estimate of drug-likeness (QED) is 0.246. The molecular formula is C70H150. The highest BCUT2D eigenvalue weighted by Gasteiger charge is 2.23. The van der Waals surface area contributed by atoms with E-state index in [-0.39, 0.29) is 14.9 Å². The second kappa shape index (κ2) is 69.0. The molecule has 0 aromatic heterocycles. The average Bonchev–Trinajstić information content (AvgIpc) is 3.30. The van der Waals surface area contributed by atoms with Gasteiger partial charge < -0.3 is 0 Å². The minimum absolute atomic E-state index is 0. The van der Waals surface area contributed by atoms with Crippen molar-refractivity contribution in [1.29, 1.82) is 0 Å². The summed E-state index contributed by atoms with van der Waals surface area (Å²) in [6.07, 6.45) is 75.1. The zero-order valence-electron chi connectivity index (χ0n) is 50.8. The van der Waals surface area contributed by atoms with Crippen LogP contribution in [0.1, 0.15) is 419 Å². The molecule has 0 radical (unpaired) electrons. The van der Waals surface area contributed by atoms with E-state index in [9.17, 15) is 0 Å². The van der Waals surface area contributed by atoms with Crippen LogP contribution in [0.3, 0.4) is 0 Å². The van der Waals surface area contributed by atoms with Gasteiger partial charge in [0.25, 0.3) is 0 Å². The Balaban J connectivity index is -0.000000238. The smallest absolute Gasteiger partial charge is 0.0386 e. The van der Waals surface area contributed by atoms with Gasteiger partial charge >= 0.3 is 0 Å². The summed E-state index contributed by atoms with van der Waals surface area (Å²) in [5, 5.41) is 0. The average molecular weight is 992 g/mol. The van der Waals surface area contributed by atoms with Crippen molar-refractivity contribution in [3.63, 3.8) is 0 Å². The van der Waals surface area contributed by atoms with Gasteiger partial charge in [0, 0.05) is 0 Å². The number of rotatable bonds is 1. The van der Waals surface area contributed by atoms with Crippen molar-refractivity contribution in [2.24, 2.45) is 35.5 Å². The Labute approximate surface area is 452 Å². The van der Waals surface area contributed by atoms with Gasteiger partial charge in [0.15, 0.2) is 0 Å². The summed E-state index contributed by atoms with van der Waals surface area (Å²) >= 11 is 0. The van der Waals surface area contributed by atoms with Gasteiger partial charge in [-0.05, 0) is 35.5 Å². The highest BCUT2D eigenvalue weighted by atomic mass is 14.3. The monoisotopic (exact) mass is 991 g/mol. The summed E-state index contributed by atoms with van der Waals surface area (Å²) in [6.45, 7) is 25.6. The summed E-state index contributed by atoms with van der Waals surface area (Å²) in [6, 6.07) is 0. The number of hydrogen-bond donors (Lipinski definition) is 0. The summed E-state index contributed by atoms with van der Waals surface area (Å²) < 4.78 is 0. The fourth-order valence-corrected chi connectivity index (χ4v) is 12.0. The van der Waals surface area contributed by atoms with Crippen LogP contribution in [0.2, 0.25) is 0 Å². The molecule has 7 fully saturated rings. The molecule has 0 aromatic carbocycles. The molecule has 0 heterocycles. The van der Waals surface area contributed by atoms with Crippen LogP contribution >= 0.6 is 0 Å². The summed E-state index contributed by atoms with van der Waals surface area (Å²) in [7, 11) is 0. The van der Waals surface area contributed by atoms with Crippen LogP contribution in [0.25, 0.3) is 0 Å². The molecule has 7 saturated carbocycles. The van der Waals surface area contributed by atoms with Crippen LogP contribution in [0.4, 0.5) is 0 Å². The molecule has 0 aromatic rings. The summed E-state index contributed by atoms with van der Waals surface area (Å²) in [5.41, 5.74) is 0. The van der Waals surface area contributed by atoms with Crippen molar-refractivity contribution in [1.82, 2.24) is 0 Å². The molecule has 0 atom stereocenters. The Morgan fingerprint density at radius 2 is 0.243 bits per heavy atom. The molecule has 0 bridgehead atoms. The lowest BCUT2D eigenvalue weighted by atomic mass is 9.75. The van der Waals surface area contributed by atoms with Crippen molar-refractivity contribution in [3.05, 3.63) is 0 Å². The van der Waals surface area contributed by atoms with Crippen LogP contribution in [-0.2, 0) is 0 Å². The maximum Gasteiger partial charge on any atom is -0.0386 e. The molecule has 70 heavy (non-hydrogen) atoms. The number of hydrogen-bond acceptors (Lipinski definition) is 0. The first-order valence-corrected chi connectivity index (χ1v) is 33.5. The van der Waals surface area contributed by atoms with Crippen LogP contribution in [0.15, 0.2) is 0 Å². The first-order valence-electron chi connectivity index (χ1n) is 33.5. The van der Waals surface area contributed by atoms with E-state index in [0.717, 1.165) is 35.5 Å². The van der Waals surface area contributed by atoms with Gasteiger partial charge in [0.1, 0.15) is 0 Å².